The molecule has 0 unspecified atom stereocenters. The number of carbonyl (C=O) groups is 1. The number of hydrogen-bond acceptors (Lipinski definition) is 2. The average molecular weight is 337 g/mol. The summed E-state index contributed by atoms with van der Waals surface area (Å²) in [7, 11) is 0. The topological polar surface area (TPSA) is 49.3 Å². The van der Waals surface area contributed by atoms with E-state index in [-0.39, 0.29) is 18.1 Å². The lowest BCUT2D eigenvalue weighted by Crippen LogP contribution is -2.48. The van der Waals surface area contributed by atoms with Crippen LogP contribution in [0.25, 0.3) is 0 Å². The van der Waals surface area contributed by atoms with Gasteiger partial charge in [0.15, 0.2) is 0 Å². The molecule has 0 radical (unpaired) electrons. The van der Waals surface area contributed by atoms with E-state index in [0.29, 0.717) is 12.3 Å². The van der Waals surface area contributed by atoms with Crippen LogP contribution in [0.5, 0.6) is 0 Å². The highest BCUT2D eigenvalue weighted by molar-refractivity contribution is 5.76. The third-order valence-corrected chi connectivity index (χ3v) is 5.25. The van der Waals surface area contributed by atoms with Gasteiger partial charge in [0, 0.05) is 12.5 Å². The number of rotatable bonds is 7. The standard InChI is InChI=1S/C22H27NO2/c1-16-7-5-6-10-18(16)11-12-22(25)23-21(19-14-20(24)15-19)13-17-8-3-2-4-9-17/h2-10,19-21,24H,11-15H2,1H3,(H,23,25)/t19?,20?,21-/m1/s1. The Bertz CT molecular complexity index is 692. The molecule has 0 aromatic heterocycles. The highest BCUT2D eigenvalue weighted by Crippen LogP contribution is 2.31. The summed E-state index contributed by atoms with van der Waals surface area (Å²) in [5, 5.41) is 12.9. The molecule has 132 valence electrons. The van der Waals surface area contributed by atoms with Crippen LogP contribution in [0.1, 0.15) is 36.0 Å². The third kappa shape index (κ3) is 4.93. The monoisotopic (exact) mass is 337 g/mol. The van der Waals surface area contributed by atoms with Crippen LogP contribution in [0.4, 0.5) is 0 Å². The van der Waals surface area contributed by atoms with E-state index in [1.54, 1.807) is 0 Å². The molecular weight excluding hydrogens is 310 g/mol. The summed E-state index contributed by atoms with van der Waals surface area (Å²) in [6.07, 6.45) is 3.47. The predicted octanol–water partition coefficient (Wildman–Crippen LogP) is 3.43. The van der Waals surface area contributed by atoms with Crippen LogP contribution in [0.3, 0.4) is 0 Å². The molecule has 3 rings (SSSR count). The van der Waals surface area contributed by atoms with E-state index in [1.807, 2.05) is 30.3 Å². The van der Waals surface area contributed by atoms with Crippen LogP contribution < -0.4 is 5.32 Å². The maximum Gasteiger partial charge on any atom is 0.220 e. The molecule has 3 heteroatoms. The van der Waals surface area contributed by atoms with E-state index in [2.05, 4.69) is 36.5 Å². The molecule has 1 aliphatic carbocycles. The molecule has 0 heterocycles. The zero-order chi connectivity index (χ0) is 17.6. The number of hydrogen-bond donors (Lipinski definition) is 2. The van der Waals surface area contributed by atoms with Crippen molar-refractivity contribution >= 4 is 5.91 Å². The van der Waals surface area contributed by atoms with Crippen molar-refractivity contribution in [1.82, 2.24) is 5.32 Å². The van der Waals surface area contributed by atoms with Gasteiger partial charge >= 0.3 is 0 Å². The quantitative estimate of drug-likeness (QED) is 0.813. The van der Waals surface area contributed by atoms with E-state index in [0.717, 1.165) is 25.7 Å². The molecule has 2 N–H and O–H groups in total. The maximum absolute atomic E-state index is 12.5. The van der Waals surface area contributed by atoms with Crippen molar-refractivity contribution in [2.45, 2.75) is 51.2 Å². The van der Waals surface area contributed by atoms with E-state index < -0.39 is 0 Å². The zero-order valence-corrected chi connectivity index (χ0v) is 14.8. The first-order valence-corrected chi connectivity index (χ1v) is 9.17. The predicted molar refractivity (Wildman–Crippen MR) is 100 cm³/mol. The van der Waals surface area contributed by atoms with Crippen molar-refractivity contribution in [2.24, 2.45) is 5.92 Å². The molecule has 1 amide bonds. The van der Waals surface area contributed by atoms with Gasteiger partial charge in [-0.1, -0.05) is 54.6 Å². The summed E-state index contributed by atoms with van der Waals surface area (Å²) in [4.78, 5) is 12.5. The summed E-state index contributed by atoms with van der Waals surface area (Å²) in [5.74, 6) is 0.475. The Morgan fingerprint density at radius 1 is 1.12 bits per heavy atom. The number of nitrogens with one attached hydrogen (secondary N) is 1. The highest BCUT2D eigenvalue weighted by atomic mass is 16.3. The molecular formula is C22H27NO2. The van der Waals surface area contributed by atoms with Gasteiger partial charge in [0.05, 0.1) is 6.10 Å². The molecule has 1 fully saturated rings. The van der Waals surface area contributed by atoms with Crippen molar-refractivity contribution in [3.8, 4) is 0 Å². The molecule has 1 saturated carbocycles. The Balaban J connectivity index is 1.57. The first-order chi connectivity index (χ1) is 12.1. The van der Waals surface area contributed by atoms with Crippen molar-refractivity contribution in [3.63, 3.8) is 0 Å². The largest absolute Gasteiger partial charge is 0.393 e. The minimum absolute atomic E-state index is 0.102. The molecule has 3 nitrogen and oxygen atoms in total. The SMILES string of the molecule is Cc1ccccc1CCC(=O)N[C@H](Cc1ccccc1)C1CC(O)C1. The molecule has 0 aliphatic heterocycles. The summed E-state index contributed by atoms with van der Waals surface area (Å²) >= 11 is 0. The Labute approximate surface area is 150 Å². The minimum Gasteiger partial charge on any atom is -0.393 e. The van der Waals surface area contributed by atoms with Gasteiger partial charge in [0.1, 0.15) is 0 Å². The smallest absolute Gasteiger partial charge is 0.220 e. The van der Waals surface area contributed by atoms with Crippen LogP contribution in [0, 0.1) is 12.8 Å². The van der Waals surface area contributed by atoms with Gasteiger partial charge in [-0.2, -0.15) is 0 Å². The van der Waals surface area contributed by atoms with Crippen molar-refractivity contribution in [1.29, 1.82) is 0 Å². The zero-order valence-electron chi connectivity index (χ0n) is 14.8. The van der Waals surface area contributed by atoms with Crippen LogP contribution in [-0.4, -0.2) is 23.2 Å². The molecule has 2 aromatic carbocycles. The number of amides is 1. The van der Waals surface area contributed by atoms with Gasteiger partial charge in [-0.3, -0.25) is 4.79 Å². The van der Waals surface area contributed by atoms with Crippen LogP contribution >= 0.6 is 0 Å². The lowest BCUT2D eigenvalue weighted by molar-refractivity contribution is -0.122. The van der Waals surface area contributed by atoms with Crippen LogP contribution in [0.15, 0.2) is 54.6 Å². The van der Waals surface area contributed by atoms with Crippen molar-refractivity contribution in [3.05, 3.63) is 71.3 Å². The minimum atomic E-state index is -0.202. The molecule has 2 aromatic rings. The maximum atomic E-state index is 12.5. The van der Waals surface area contributed by atoms with Crippen molar-refractivity contribution < 1.29 is 9.90 Å². The van der Waals surface area contributed by atoms with E-state index in [4.69, 9.17) is 0 Å². The molecule has 25 heavy (non-hydrogen) atoms. The lowest BCUT2D eigenvalue weighted by atomic mass is 9.75. The van der Waals surface area contributed by atoms with Gasteiger partial charge in [0.25, 0.3) is 0 Å². The van der Waals surface area contributed by atoms with Gasteiger partial charge in [-0.25, -0.2) is 0 Å². The Morgan fingerprint density at radius 2 is 1.80 bits per heavy atom. The van der Waals surface area contributed by atoms with E-state index in [1.165, 1.54) is 16.7 Å². The third-order valence-electron chi connectivity index (χ3n) is 5.25. The summed E-state index contributed by atoms with van der Waals surface area (Å²) in [6.45, 7) is 2.08. The molecule has 0 spiro atoms. The van der Waals surface area contributed by atoms with Crippen LogP contribution in [-0.2, 0) is 17.6 Å². The first kappa shape index (κ1) is 17.7. The Hall–Kier alpha value is -2.13. The van der Waals surface area contributed by atoms with Crippen molar-refractivity contribution in [2.75, 3.05) is 0 Å². The number of carbonyl (C=O) groups excluding carboxylic acids is 1. The van der Waals surface area contributed by atoms with Gasteiger partial charge in [-0.15, -0.1) is 0 Å². The number of aliphatic hydroxyl groups excluding tert-OH is 1. The fourth-order valence-corrected chi connectivity index (χ4v) is 3.58. The molecule has 0 bridgehead atoms. The second-order valence-corrected chi connectivity index (χ2v) is 7.18. The fraction of sp³-hybridized carbons (Fsp3) is 0.409. The first-order valence-electron chi connectivity index (χ1n) is 9.17. The fourth-order valence-electron chi connectivity index (χ4n) is 3.58. The Morgan fingerprint density at radius 3 is 2.48 bits per heavy atom. The summed E-state index contributed by atoms with van der Waals surface area (Å²) in [6, 6.07) is 18.6. The second kappa shape index (κ2) is 8.30. The summed E-state index contributed by atoms with van der Waals surface area (Å²) < 4.78 is 0. The molecule has 1 aliphatic rings. The molecule has 1 atom stereocenters. The number of aryl methyl sites for hydroxylation is 2. The second-order valence-electron chi connectivity index (χ2n) is 7.18. The van der Waals surface area contributed by atoms with E-state index >= 15 is 0 Å². The normalized spacial score (nSPS) is 20.6. The van der Waals surface area contributed by atoms with Gasteiger partial charge < -0.3 is 10.4 Å². The lowest BCUT2D eigenvalue weighted by Gasteiger charge is -2.38. The van der Waals surface area contributed by atoms with Gasteiger partial charge in [0.2, 0.25) is 5.91 Å². The van der Waals surface area contributed by atoms with Gasteiger partial charge in [-0.05, 0) is 55.2 Å². The summed E-state index contributed by atoms with van der Waals surface area (Å²) in [5.41, 5.74) is 3.70. The molecule has 0 saturated heterocycles. The van der Waals surface area contributed by atoms with E-state index in [9.17, 15) is 9.90 Å². The highest BCUT2D eigenvalue weighted by Gasteiger charge is 2.34. The number of benzene rings is 2. The average Bonchev–Trinajstić information content (AvgIpc) is 2.59. The number of aliphatic hydroxyl groups is 1. The Kier molecular flexibility index (Phi) is 5.87. The van der Waals surface area contributed by atoms with Crippen LogP contribution in [0.2, 0.25) is 0 Å².